The second-order valence-electron chi connectivity index (χ2n) is 3.26. The first-order valence-corrected chi connectivity index (χ1v) is 4.87. The number of amides is 1. The van der Waals surface area contributed by atoms with E-state index in [0.717, 1.165) is 17.0 Å². The Morgan fingerprint density at radius 2 is 1.94 bits per heavy atom. The van der Waals surface area contributed by atoms with Gasteiger partial charge in [-0.25, -0.2) is 4.79 Å². The first kappa shape index (κ1) is 10.2. The lowest BCUT2D eigenvalue weighted by molar-refractivity contribution is 0.201. The van der Waals surface area contributed by atoms with E-state index in [1.165, 1.54) is 0 Å². The number of carbonyl (C=O) groups is 1. The first-order valence-electron chi connectivity index (χ1n) is 4.87. The molecule has 2 aromatic carbocycles. The minimum absolute atomic E-state index is 0.537. The number of ether oxygens (including phenoxy) is 1. The van der Waals surface area contributed by atoms with Gasteiger partial charge in [0, 0.05) is 5.69 Å². The number of hydrogen-bond acceptors (Lipinski definition) is 2. The molecule has 0 fully saturated rings. The van der Waals surface area contributed by atoms with E-state index in [-0.39, 0.29) is 0 Å². The van der Waals surface area contributed by atoms with Crippen molar-refractivity contribution in [3.8, 4) is 0 Å². The van der Waals surface area contributed by atoms with Crippen molar-refractivity contribution in [2.45, 2.75) is 0 Å². The Bertz CT molecular complexity index is 534. The van der Waals surface area contributed by atoms with Gasteiger partial charge in [0.1, 0.15) is 0 Å². The van der Waals surface area contributed by atoms with E-state index < -0.39 is 6.09 Å². The molecule has 2 rings (SSSR count). The summed E-state index contributed by atoms with van der Waals surface area (Å²) in [6, 6.07) is 13.6. The number of rotatable bonds is 2. The molecular weight excluding hydrogens is 202 g/mol. The zero-order chi connectivity index (χ0) is 11.4. The minimum Gasteiger partial charge on any atom is -0.419 e. The molecular formula is C13H11NO2. The van der Waals surface area contributed by atoms with Crippen LogP contribution in [0.3, 0.4) is 0 Å². The number of hydrogen-bond donors (Lipinski definition) is 1. The van der Waals surface area contributed by atoms with E-state index in [0.29, 0.717) is 5.69 Å². The molecule has 0 heterocycles. The molecule has 1 amide bonds. The van der Waals surface area contributed by atoms with Crippen LogP contribution >= 0.6 is 0 Å². The van der Waals surface area contributed by atoms with Gasteiger partial charge in [0.05, 0.1) is 6.26 Å². The highest BCUT2D eigenvalue weighted by Crippen LogP contribution is 2.18. The van der Waals surface area contributed by atoms with Crippen LogP contribution in [0.2, 0.25) is 0 Å². The maximum Gasteiger partial charge on any atom is 0.416 e. The van der Waals surface area contributed by atoms with E-state index in [9.17, 15) is 4.79 Å². The molecule has 0 bridgehead atoms. The van der Waals surface area contributed by atoms with Crippen molar-refractivity contribution in [3.63, 3.8) is 0 Å². The molecule has 0 spiro atoms. The zero-order valence-corrected chi connectivity index (χ0v) is 8.64. The maximum absolute atomic E-state index is 11.1. The summed E-state index contributed by atoms with van der Waals surface area (Å²) in [6.07, 6.45) is 0.557. The Kier molecular flexibility index (Phi) is 2.87. The first-order chi connectivity index (χ1) is 7.79. The lowest BCUT2D eigenvalue weighted by atomic mass is 10.1. The van der Waals surface area contributed by atoms with Gasteiger partial charge in [0.2, 0.25) is 0 Å². The van der Waals surface area contributed by atoms with Crippen molar-refractivity contribution >= 4 is 22.6 Å². The largest absolute Gasteiger partial charge is 0.419 e. The van der Waals surface area contributed by atoms with Crippen molar-refractivity contribution in [1.82, 2.24) is 0 Å². The minimum atomic E-state index is -0.537. The van der Waals surface area contributed by atoms with Gasteiger partial charge in [-0.05, 0) is 22.9 Å². The summed E-state index contributed by atoms with van der Waals surface area (Å²) in [7, 11) is 0. The third kappa shape index (κ3) is 2.20. The fourth-order valence-corrected chi connectivity index (χ4v) is 1.49. The number of anilines is 1. The van der Waals surface area contributed by atoms with Crippen LogP contribution in [0.1, 0.15) is 0 Å². The third-order valence-corrected chi connectivity index (χ3v) is 2.19. The summed E-state index contributed by atoms with van der Waals surface area (Å²) in [4.78, 5) is 11.1. The Morgan fingerprint density at radius 3 is 2.69 bits per heavy atom. The lowest BCUT2D eigenvalue weighted by Crippen LogP contribution is -2.10. The fourth-order valence-electron chi connectivity index (χ4n) is 1.49. The SMILES string of the molecule is C=COC(=O)Nc1ccc2ccccc2c1. The number of carbonyl (C=O) groups excluding carboxylic acids is 1. The van der Waals surface area contributed by atoms with E-state index in [1.54, 1.807) is 0 Å². The van der Waals surface area contributed by atoms with Gasteiger partial charge in [0.15, 0.2) is 0 Å². The summed E-state index contributed by atoms with van der Waals surface area (Å²) < 4.78 is 4.57. The predicted octanol–water partition coefficient (Wildman–Crippen LogP) is 3.53. The van der Waals surface area contributed by atoms with Crippen LogP contribution in [0.15, 0.2) is 55.3 Å². The molecule has 0 aliphatic rings. The normalized spacial score (nSPS) is 9.75. The molecule has 0 atom stereocenters. The van der Waals surface area contributed by atoms with Crippen LogP contribution in [-0.2, 0) is 4.74 Å². The summed E-state index contributed by atoms with van der Waals surface area (Å²) in [5, 5.41) is 4.80. The number of benzene rings is 2. The maximum atomic E-state index is 11.1. The number of fused-ring (bicyclic) bond motifs is 1. The van der Waals surface area contributed by atoms with E-state index in [2.05, 4.69) is 16.6 Å². The van der Waals surface area contributed by atoms with Gasteiger partial charge in [-0.2, -0.15) is 0 Å². The second-order valence-corrected chi connectivity index (χ2v) is 3.26. The van der Waals surface area contributed by atoms with Gasteiger partial charge in [-0.1, -0.05) is 36.9 Å². The summed E-state index contributed by atoms with van der Waals surface area (Å²) >= 11 is 0. The molecule has 0 saturated heterocycles. The fraction of sp³-hybridized carbons (Fsp3) is 0. The Morgan fingerprint density at radius 1 is 1.19 bits per heavy atom. The lowest BCUT2D eigenvalue weighted by Gasteiger charge is -2.04. The molecule has 80 valence electrons. The molecule has 0 unspecified atom stereocenters. The smallest absolute Gasteiger partial charge is 0.416 e. The second kappa shape index (κ2) is 4.49. The van der Waals surface area contributed by atoms with Crippen LogP contribution in [-0.4, -0.2) is 6.09 Å². The Labute approximate surface area is 93.3 Å². The average Bonchev–Trinajstić information content (AvgIpc) is 2.29. The van der Waals surface area contributed by atoms with Crippen LogP contribution < -0.4 is 5.32 Å². The highest BCUT2D eigenvalue weighted by Gasteiger charge is 2.01. The molecule has 0 aliphatic heterocycles. The summed E-state index contributed by atoms with van der Waals surface area (Å²) in [5.41, 5.74) is 0.700. The topological polar surface area (TPSA) is 38.3 Å². The third-order valence-electron chi connectivity index (χ3n) is 2.19. The molecule has 3 heteroatoms. The zero-order valence-electron chi connectivity index (χ0n) is 8.64. The van der Waals surface area contributed by atoms with Gasteiger partial charge in [-0.3, -0.25) is 5.32 Å². The van der Waals surface area contributed by atoms with E-state index >= 15 is 0 Å². The average molecular weight is 213 g/mol. The van der Waals surface area contributed by atoms with Gasteiger partial charge in [-0.15, -0.1) is 0 Å². The van der Waals surface area contributed by atoms with Gasteiger partial charge >= 0.3 is 6.09 Å². The van der Waals surface area contributed by atoms with Crippen LogP contribution in [0, 0.1) is 0 Å². The van der Waals surface area contributed by atoms with Gasteiger partial charge in [0.25, 0.3) is 0 Å². The Hall–Kier alpha value is -2.29. The van der Waals surface area contributed by atoms with Crippen molar-refractivity contribution in [1.29, 1.82) is 0 Å². The highest BCUT2D eigenvalue weighted by atomic mass is 16.5. The number of nitrogens with one attached hydrogen (secondary N) is 1. The molecule has 0 aliphatic carbocycles. The standard InChI is InChI=1S/C13H11NO2/c1-2-16-13(15)14-12-8-7-10-5-3-4-6-11(10)9-12/h2-9H,1H2,(H,14,15). The van der Waals surface area contributed by atoms with E-state index in [4.69, 9.17) is 0 Å². The van der Waals surface area contributed by atoms with Crippen LogP contribution in [0.5, 0.6) is 0 Å². The summed E-state index contributed by atoms with van der Waals surface area (Å²) in [5.74, 6) is 0. The molecule has 16 heavy (non-hydrogen) atoms. The molecule has 0 radical (unpaired) electrons. The quantitative estimate of drug-likeness (QED) is 0.775. The van der Waals surface area contributed by atoms with Crippen molar-refractivity contribution in [2.24, 2.45) is 0 Å². The van der Waals surface area contributed by atoms with E-state index in [1.807, 2.05) is 42.5 Å². The monoisotopic (exact) mass is 213 g/mol. The molecule has 0 saturated carbocycles. The van der Waals surface area contributed by atoms with Crippen LogP contribution in [0.4, 0.5) is 10.5 Å². The summed E-state index contributed by atoms with van der Waals surface area (Å²) in [6.45, 7) is 3.31. The van der Waals surface area contributed by atoms with Crippen molar-refractivity contribution < 1.29 is 9.53 Å². The highest BCUT2D eigenvalue weighted by molar-refractivity contribution is 5.91. The predicted molar refractivity (Wildman–Crippen MR) is 64.2 cm³/mol. The Balaban J connectivity index is 2.25. The van der Waals surface area contributed by atoms with Gasteiger partial charge < -0.3 is 4.74 Å². The molecule has 3 nitrogen and oxygen atoms in total. The molecule has 0 aromatic heterocycles. The molecule has 1 N–H and O–H groups in total. The van der Waals surface area contributed by atoms with Crippen molar-refractivity contribution in [3.05, 3.63) is 55.3 Å². The molecule has 2 aromatic rings. The van der Waals surface area contributed by atoms with Crippen LogP contribution in [0.25, 0.3) is 10.8 Å². The van der Waals surface area contributed by atoms with Crippen molar-refractivity contribution in [2.75, 3.05) is 5.32 Å².